The third-order valence-electron chi connectivity index (χ3n) is 3.41. The van der Waals surface area contributed by atoms with E-state index in [9.17, 15) is 5.11 Å². The van der Waals surface area contributed by atoms with E-state index in [-0.39, 0.29) is 0 Å². The molecular weight excluding hydrogens is 236 g/mol. The molecule has 0 saturated heterocycles. The Morgan fingerprint density at radius 2 is 1.84 bits per heavy atom. The second-order valence-corrected chi connectivity index (χ2v) is 4.90. The van der Waals surface area contributed by atoms with Gasteiger partial charge in [0.25, 0.3) is 0 Å². The second-order valence-electron chi connectivity index (χ2n) is 4.90. The van der Waals surface area contributed by atoms with Gasteiger partial charge < -0.3 is 9.67 Å². The number of aliphatic hydroxyl groups is 1. The maximum atomic E-state index is 10.3. The largest absolute Gasteiger partial charge is 0.386 e. The lowest BCUT2D eigenvalue weighted by molar-refractivity contribution is 0.168. The average molecular weight is 258 g/mol. The van der Waals surface area contributed by atoms with E-state index in [0.717, 1.165) is 30.6 Å². The van der Waals surface area contributed by atoms with Gasteiger partial charge >= 0.3 is 0 Å². The van der Waals surface area contributed by atoms with Gasteiger partial charge in [-0.05, 0) is 24.0 Å². The van der Waals surface area contributed by atoms with Crippen LogP contribution in [0, 0.1) is 0 Å². The zero-order valence-electron chi connectivity index (χ0n) is 11.7. The van der Waals surface area contributed by atoms with E-state index in [4.69, 9.17) is 0 Å². The summed E-state index contributed by atoms with van der Waals surface area (Å²) in [6.07, 6.45) is 5.80. The quantitative estimate of drug-likeness (QED) is 0.864. The number of aryl methyl sites for hydroxylation is 2. The van der Waals surface area contributed by atoms with Gasteiger partial charge in [0.05, 0.1) is 24.3 Å². The number of rotatable bonds is 6. The molecule has 0 saturated carbocycles. The average Bonchev–Trinajstić information content (AvgIpc) is 2.88. The van der Waals surface area contributed by atoms with Crippen LogP contribution in [0.25, 0.3) is 0 Å². The van der Waals surface area contributed by atoms with E-state index in [1.165, 1.54) is 5.56 Å². The molecule has 0 amide bonds. The Hall–Kier alpha value is -1.61. The molecule has 1 N–H and O–H groups in total. The monoisotopic (exact) mass is 258 g/mol. The van der Waals surface area contributed by atoms with Gasteiger partial charge in [0.15, 0.2) is 0 Å². The molecule has 3 nitrogen and oxygen atoms in total. The van der Waals surface area contributed by atoms with Gasteiger partial charge in [-0.3, -0.25) is 0 Å². The molecule has 1 atom stereocenters. The fraction of sp³-hybridized carbons (Fsp3) is 0.438. The van der Waals surface area contributed by atoms with Crippen molar-refractivity contribution in [2.75, 3.05) is 0 Å². The second kappa shape index (κ2) is 6.53. The van der Waals surface area contributed by atoms with E-state index >= 15 is 0 Å². The van der Waals surface area contributed by atoms with Crippen LogP contribution in [0.4, 0.5) is 0 Å². The fourth-order valence-electron chi connectivity index (χ4n) is 2.28. The molecule has 0 aliphatic carbocycles. The minimum Gasteiger partial charge on any atom is -0.386 e. The van der Waals surface area contributed by atoms with Crippen molar-refractivity contribution in [1.82, 2.24) is 9.55 Å². The number of hydrogen-bond acceptors (Lipinski definition) is 2. The predicted molar refractivity (Wildman–Crippen MR) is 77.0 cm³/mol. The Kier molecular flexibility index (Phi) is 4.74. The molecule has 2 rings (SSSR count). The van der Waals surface area contributed by atoms with Crippen molar-refractivity contribution in [2.45, 2.75) is 45.8 Å². The molecule has 1 unspecified atom stereocenters. The third-order valence-corrected chi connectivity index (χ3v) is 3.41. The molecule has 1 heterocycles. The van der Waals surface area contributed by atoms with Crippen molar-refractivity contribution in [3.63, 3.8) is 0 Å². The molecule has 19 heavy (non-hydrogen) atoms. The van der Waals surface area contributed by atoms with Gasteiger partial charge in [-0.25, -0.2) is 4.98 Å². The van der Waals surface area contributed by atoms with Crippen LogP contribution < -0.4 is 0 Å². The number of nitrogens with zero attached hydrogens (tertiary/aromatic N) is 2. The topological polar surface area (TPSA) is 38.0 Å². The molecule has 0 aliphatic heterocycles. The first-order valence-corrected chi connectivity index (χ1v) is 7.00. The number of imidazole rings is 1. The lowest BCUT2D eigenvalue weighted by atomic mass is 10.0. The lowest BCUT2D eigenvalue weighted by Gasteiger charge is -2.13. The predicted octanol–water partition coefficient (Wildman–Crippen LogP) is 3.13. The van der Waals surface area contributed by atoms with Crippen LogP contribution in [-0.4, -0.2) is 14.7 Å². The van der Waals surface area contributed by atoms with Crippen molar-refractivity contribution < 1.29 is 5.11 Å². The Balaban J connectivity index is 2.06. The summed E-state index contributed by atoms with van der Waals surface area (Å²) in [4.78, 5) is 4.13. The van der Waals surface area contributed by atoms with Crippen LogP contribution in [0.5, 0.6) is 0 Å². The van der Waals surface area contributed by atoms with E-state index in [1.54, 1.807) is 12.5 Å². The molecule has 0 fully saturated rings. The maximum Gasteiger partial charge on any atom is 0.0995 e. The maximum absolute atomic E-state index is 10.3. The number of aliphatic hydroxyl groups excluding tert-OH is 1. The van der Waals surface area contributed by atoms with E-state index in [1.807, 2.05) is 4.57 Å². The molecular formula is C16H22N2O. The van der Waals surface area contributed by atoms with Crippen molar-refractivity contribution in [2.24, 2.45) is 0 Å². The van der Waals surface area contributed by atoms with E-state index in [2.05, 4.69) is 43.1 Å². The summed E-state index contributed by atoms with van der Waals surface area (Å²) in [6.45, 7) is 5.17. The number of benzene rings is 1. The van der Waals surface area contributed by atoms with Crippen molar-refractivity contribution in [3.05, 3.63) is 53.6 Å². The van der Waals surface area contributed by atoms with Gasteiger partial charge in [-0.15, -0.1) is 0 Å². The van der Waals surface area contributed by atoms with Crippen LogP contribution in [0.2, 0.25) is 0 Å². The molecule has 0 aliphatic rings. The minimum atomic E-state index is -0.485. The highest BCUT2D eigenvalue weighted by molar-refractivity contribution is 5.24. The number of hydrogen-bond donors (Lipinski definition) is 1. The molecule has 1 aromatic carbocycles. The van der Waals surface area contributed by atoms with Gasteiger partial charge in [-0.1, -0.05) is 38.1 Å². The normalized spacial score (nSPS) is 12.6. The van der Waals surface area contributed by atoms with Gasteiger partial charge in [0.2, 0.25) is 0 Å². The summed E-state index contributed by atoms with van der Waals surface area (Å²) in [7, 11) is 0. The Morgan fingerprint density at radius 1 is 1.16 bits per heavy atom. The summed E-state index contributed by atoms with van der Waals surface area (Å²) >= 11 is 0. The zero-order chi connectivity index (χ0) is 13.7. The zero-order valence-corrected chi connectivity index (χ0v) is 11.7. The molecule has 1 aromatic heterocycles. The first kappa shape index (κ1) is 13.8. The van der Waals surface area contributed by atoms with Crippen LogP contribution in [0.3, 0.4) is 0 Å². The van der Waals surface area contributed by atoms with Crippen molar-refractivity contribution >= 4 is 0 Å². The molecule has 0 spiro atoms. The standard InChI is InChI=1S/C16H22N2O/c1-3-9-18-12-17-11-15(18)16(19)10-14-7-5-13(4-2)6-8-14/h5-8,11-12,16,19H,3-4,9-10H2,1-2H3. The van der Waals surface area contributed by atoms with Crippen molar-refractivity contribution in [3.8, 4) is 0 Å². The summed E-state index contributed by atoms with van der Waals surface area (Å²) < 4.78 is 2.03. The number of aromatic nitrogens is 2. The highest BCUT2D eigenvalue weighted by atomic mass is 16.3. The lowest BCUT2D eigenvalue weighted by Crippen LogP contribution is -2.09. The molecule has 0 radical (unpaired) electrons. The first-order valence-electron chi connectivity index (χ1n) is 7.00. The van der Waals surface area contributed by atoms with Crippen LogP contribution in [0.1, 0.15) is 43.2 Å². The van der Waals surface area contributed by atoms with Crippen LogP contribution in [-0.2, 0) is 19.4 Å². The molecule has 3 heteroatoms. The van der Waals surface area contributed by atoms with Gasteiger partial charge in [-0.2, -0.15) is 0 Å². The van der Waals surface area contributed by atoms with E-state index in [0.29, 0.717) is 6.42 Å². The molecule has 102 valence electrons. The summed E-state index contributed by atoms with van der Waals surface area (Å²) in [6, 6.07) is 8.46. The van der Waals surface area contributed by atoms with Crippen LogP contribution >= 0.6 is 0 Å². The third kappa shape index (κ3) is 3.44. The smallest absolute Gasteiger partial charge is 0.0995 e. The Bertz CT molecular complexity index is 502. The fourth-order valence-corrected chi connectivity index (χ4v) is 2.28. The molecule has 2 aromatic rings. The first-order chi connectivity index (χ1) is 9.24. The highest BCUT2D eigenvalue weighted by Crippen LogP contribution is 2.19. The van der Waals surface area contributed by atoms with Crippen LogP contribution in [0.15, 0.2) is 36.8 Å². The molecule has 0 bridgehead atoms. The summed E-state index contributed by atoms with van der Waals surface area (Å²) in [5, 5.41) is 10.3. The highest BCUT2D eigenvalue weighted by Gasteiger charge is 2.13. The Morgan fingerprint density at radius 3 is 2.47 bits per heavy atom. The summed E-state index contributed by atoms with van der Waals surface area (Å²) in [5.41, 5.74) is 3.39. The van der Waals surface area contributed by atoms with Gasteiger partial charge in [0, 0.05) is 13.0 Å². The van der Waals surface area contributed by atoms with E-state index < -0.39 is 6.10 Å². The Labute approximate surface area is 114 Å². The summed E-state index contributed by atoms with van der Waals surface area (Å²) in [5.74, 6) is 0. The SMILES string of the molecule is CCCn1cncc1C(O)Cc1ccc(CC)cc1. The minimum absolute atomic E-state index is 0.485. The van der Waals surface area contributed by atoms with Crippen molar-refractivity contribution in [1.29, 1.82) is 0 Å². The van der Waals surface area contributed by atoms with Gasteiger partial charge in [0.1, 0.15) is 0 Å².